The van der Waals surface area contributed by atoms with Crippen molar-refractivity contribution in [2.24, 2.45) is 0 Å². The molecule has 1 fully saturated rings. The standard InChI is InChI=1S/C21H23FN2O3S/c22-16-2-4-17(5-3-16)23-8-10-24(11-9-23)21(25)15-28-18-6-7-19-20(14-18)27-13-1-12-26-19/h2-7,14H,1,8-13,15H2. The van der Waals surface area contributed by atoms with Crippen LogP contribution in [0.4, 0.5) is 10.1 Å². The van der Waals surface area contributed by atoms with Crippen LogP contribution in [0.3, 0.4) is 0 Å². The van der Waals surface area contributed by atoms with Crippen molar-refractivity contribution in [3.63, 3.8) is 0 Å². The Morgan fingerprint density at radius 1 is 0.964 bits per heavy atom. The third-order valence-electron chi connectivity index (χ3n) is 4.91. The zero-order chi connectivity index (χ0) is 19.3. The molecular weight excluding hydrogens is 379 g/mol. The summed E-state index contributed by atoms with van der Waals surface area (Å²) in [5.74, 6) is 1.82. The van der Waals surface area contributed by atoms with Crippen molar-refractivity contribution in [3.8, 4) is 11.5 Å². The third-order valence-corrected chi connectivity index (χ3v) is 5.88. The maximum absolute atomic E-state index is 13.1. The number of ether oxygens (including phenoxy) is 2. The van der Waals surface area contributed by atoms with Gasteiger partial charge in [0, 0.05) is 43.2 Å². The monoisotopic (exact) mass is 402 g/mol. The molecule has 148 valence electrons. The molecule has 0 N–H and O–H groups in total. The molecule has 4 rings (SSSR count). The lowest BCUT2D eigenvalue weighted by atomic mass is 10.2. The lowest BCUT2D eigenvalue weighted by Crippen LogP contribution is -2.49. The molecule has 5 nitrogen and oxygen atoms in total. The summed E-state index contributed by atoms with van der Waals surface area (Å²) >= 11 is 1.52. The van der Waals surface area contributed by atoms with Crippen molar-refractivity contribution in [1.29, 1.82) is 0 Å². The number of carbonyl (C=O) groups is 1. The lowest BCUT2D eigenvalue weighted by molar-refractivity contribution is -0.128. The Balaban J connectivity index is 1.28. The summed E-state index contributed by atoms with van der Waals surface area (Å²) in [5, 5.41) is 0. The largest absolute Gasteiger partial charge is 0.490 e. The molecule has 2 aliphatic rings. The first-order valence-electron chi connectivity index (χ1n) is 9.50. The van der Waals surface area contributed by atoms with E-state index < -0.39 is 0 Å². The Bertz CT molecular complexity index is 823. The average molecular weight is 402 g/mol. The van der Waals surface area contributed by atoms with Crippen molar-refractivity contribution in [2.45, 2.75) is 11.3 Å². The predicted molar refractivity (Wildman–Crippen MR) is 108 cm³/mol. The summed E-state index contributed by atoms with van der Waals surface area (Å²) in [6, 6.07) is 12.3. The number of rotatable bonds is 4. The number of piperazine rings is 1. The molecule has 0 aliphatic carbocycles. The smallest absolute Gasteiger partial charge is 0.233 e. The molecule has 1 amide bonds. The van der Waals surface area contributed by atoms with Gasteiger partial charge in [-0.1, -0.05) is 0 Å². The van der Waals surface area contributed by atoms with Crippen LogP contribution in [0.15, 0.2) is 47.4 Å². The zero-order valence-corrected chi connectivity index (χ0v) is 16.4. The lowest BCUT2D eigenvalue weighted by Gasteiger charge is -2.36. The number of nitrogens with zero attached hydrogens (tertiary/aromatic N) is 2. The summed E-state index contributed by atoms with van der Waals surface area (Å²) in [4.78, 5) is 17.7. The fraction of sp³-hybridized carbons (Fsp3) is 0.381. The van der Waals surface area contributed by atoms with Crippen LogP contribution in [0, 0.1) is 5.82 Å². The number of fused-ring (bicyclic) bond motifs is 1. The molecular formula is C21H23FN2O3S. The normalized spacial score (nSPS) is 16.6. The molecule has 7 heteroatoms. The zero-order valence-electron chi connectivity index (χ0n) is 15.6. The number of thioether (sulfide) groups is 1. The maximum Gasteiger partial charge on any atom is 0.233 e. The van der Waals surface area contributed by atoms with Crippen LogP contribution in [0.5, 0.6) is 11.5 Å². The van der Waals surface area contributed by atoms with Crippen molar-refractivity contribution in [3.05, 3.63) is 48.3 Å². The second-order valence-electron chi connectivity index (χ2n) is 6.79. The SMILES string of the molecule is O=C(CSc1ccc2c(c1)OCCCO2)N1CCN(c2ccc(F)cc2)CC1. The number of benzene rings is 2. The van der Waals surface area contributed by atoms with Crippen LogP contribution in [0.2, 0.25) is 0 Å². The Labute approximate surface area is 168 Å². The minimum Gasteiger partial charge on any atom is -0.490 e. The predicted octanol–water partition coefficient (Wildman–Crippen LogP) is 3.43. The number of anilines is 1. The van der Waals surface area contributed by atoms with Crippen LogP contribution in [-0.2, 0) is 4.79 Å². The summed E-state index contributed by atoms with van der Waals surface area (Å²) < 4.78 is 24.4. The van der Waals surface area contributed by atoms with Crippen LogP contribution in [0.1, 0.15) is 6.42 Å². The minimum absolute atomic E-state index is 0.135. The van der Waals surface area contributed by atoms with Gasteiger partial charge in [0.1, 0.15) is 5.82 Å². The summed E-state index contributed by atoms with van der Waals surface area (Å²) in [5.41, 5.74) is 0.995. The van der Waals surface area contributed by atoms with Crippen LogP contribution < -0.4 is 14.4 Å². The molecule has 0 radical (unpaired) electrons. The van der Waals surface area contributed by atoms with E-state index in [9.17, 15) is 9.18 Å². The molecule has 1 saturated heterocycles. The maximum atomic E-state index is 13.1. The molecule has 28 heavy (non-hydrogen) atoms. The van der Waals surface area contributed by atoms with Gasteiger partial charge in [-0.3, -0.25) is 4.79 Å². The van der Waals surface area contributed by atoms with E-state index in [2.05, 4.69) is 4.90 Å². The van der Waals surface area contributed by atoms with Crippen molar-refractivity contribution in [2.75, 3.05) is 50.0 Å². The first kappa shape index (κ1) is 18.9. The van der Waals surface area contributed by atoms with E-state index in [4.69, 9.17) is 9.47 Å². The van der Waals surface area contributed by atoms with Gasteiger partial charge in [0.2, 0.25) is 5.91 Å². The van der Waals surface area contributed by atoms with Gasteiger partial charge in [0.15, 0.2) is 11.5 Å². The number of hydrogen-bond acceptors (Lipinski definition) is 5. The molecule has 0 spiro atoms. The Hall–Kier alpha value is -2.41. The molecule has 2 heterocycles. The van der Waals surface area contributed by atoms with E-state index in [0.717, 1.165) is 41.6 Å². The van der Waals surface area contributed by atoms with Gasteiger partial charge < -0.3 is 19.3 Å². The Morgan fingerprint density at radius 3 is 2.43 bits per heavy atom. The first-order valence-corrected chi connectivity index (χ1v) is 10.5. The van der Waals surface area contributed by atoms with Gasteiger partial charge in [-0.15, -0.1) is 11.8 Å². The van der Waals surface area contributed by atoms with Gasteiger partial charge in [-0.2, -0.15) is 0 Å². The van der Waals surface area contributed by atoms with Gasteiger partial charge in [-0.25, -0.2) is 4.39 Å². The topological polar surface area (TPSA) is 42.0 Å². The highest BCUT2D eigenvalue weighted by molar-refractivity contribution is 8.00. The van der Waals surface area contributed by atoms with E-state index in [1.54, 1.807) is 12.1 Å². The summed E-state index contributed by atoms with van der Waals surface area (Å²) in [7, 11) is 0. The molecule has 2 aromatic rings. The Kier molecular flexibility index (Phi) is 5.90. The number of amides is 1. The van der Waals surface area contributed by atoms with E-state index in [-0.39, 0.29) is 11.7 Å². The van der Waals surface area contributed by atoms with Crippen molar-refractivity contribution < 1.29 is 18.7 Å². The summed E-state index contributed by atoms with van der Waals surface area (Å²) in [6.45, 7) is 4.19. The van der Waals surface area contributed by atoms with Gasteiger partial charge in [0.25, 0.3) is 0 Å². The molecule has 0 aromatic heterocycles. The Morgan fingerprint density at radius 2 is 1.68 bits per heavy atom. The molecule has 0 atom stereocenters. The minimum atomic E-state index is -0.232. The second-order valence-corrected chi connectivity index (χ2v) is 7.84. The average Bonchev–Trinajstić information content (AvgIpc) is 2.98. The first-order chi connectivity index (χ1) is 13.7. The highest BCUT2D eigenvalue weighted by Gasteiger charge is 2.21. The fourth-order valence-corrected chi connectivity index (χ4v) is 4.16. The number of carbonyl (C=O) groups excluding carboxylic acids is 1. The molecule has 2 aliphatic heterocycles. The van der Waals surface area contributed by atoms with Crippen molar-refractivity contribution >= 4 is 23.4 Å². The van der Waals surface area contributed by atoms with E-state index >= 15 is 0 Å². The van der Waals surface area contributed by atoms with Crippen LogP contribution in [0.25, 0.3) is 0 Å². The fourth-order valence-electron chi connectivity index (χ4n) is 3.34. The second kappa shape index (κ2) is 8.73. The molecule has 0 unspecified atom stereocenters. The van der Waals surface area contributed by atoms with Crippen molar-refractivity contribution in [1.82, 2.24) is 4.90 Å². The summed E-state index contributed by atoms with van der Waals surface area (Å²) in [6.07, 6.45) is 0.875. The highest BCUT2D eigenvalue weighted by Crippen LogP contribution is 2.34. The van der Waals surface area contributed by atoms with Gasteiger partial charge in [-0.05, 0) is 42.5 Å². The number of halogens is 1. The molecule has 2 aromatic carbocycles. The van der Waals surface area contributed by atoms with E-state index in [1.807, 2.05) is 23.1 Å². The molecule has 0 bridgehead atoms. The molecule has 0 saturated carbocycles. The third kappa shape index (κ3) is 4.52. The highest BCUT2D eigenvalue weighted by atomic mass is 32.2. The van der Waals surface area contributed by atoms with E-state index in [1.165, 1.54) is 23.9 Å². The number of hydrogen-bond donors (Lipinski definition) is 0. The van der Waals surface area contributed by atoms with Crippen LogP contribution in [-0.4, -0.2) is 56.0 Å². The quantitative estimate of drug-likeness (QED) is 0.733. The van der Waals surface area contributed by atoms with E-state index in [0.29, 0.717) is 32.1 Å². The van der Waals surface area contributed by atoms with Crippen LogP contribution >= 0.6 is 11.8 Å². The van der Waals surface area contributed by atoms with Gasteiger partial charge >= 0.3 is 0 Å². The van der Waals surface area contributed by atoms with Gasteiger partial charge in [0.05, 0.1) is 19.0 Å².